The Labute approximate surface area is 180 Å². The summed E-state index contributed by atoms with van der Waals surface area (Å²) in [4.78, 5) is 33.1. The van der Waals surface area contributed by atoms with Crippen molar-refractivity contribution < 1.29 is 14.3 Å². The molecule has 1 aliphatic carbocycles. The molecule has 0 unspecified atom stereocenters. The molecule has 2 fully saturated rings. The Bertz CT molecular complexity index is 1120. The molecule has 1 saturated heterocycles. The molecule has 3 aromatic rings. The number of benzene rings is 1. The fraction of sp³-hybridized carbons (Fsp3) is 0.348. The largest absolute Gasteiger partial charge is 0.375 e. The lowest BCUT2D eigenvalue weighted by Gasteiger charge is -2.18. The van der Waals surface area contributed by atoms with Crippen molar-refractivity contribution in [1.29, 1.82) is 0 Å². The first-order valence-corrected chi connectivity index (χ1v) is 10.6. The monoisotopic (exact) mass is 419 g/mol. The molecule has 8 nitrogen and oxygen atoms in total. The minimum absolute atomic E-state index is 0.00607. The van der Waals surface area contributed by atoms with Gasteiger partial charge < -0.3 is 14.9 Å². The van der Waals surface area contributed by atoms with Crippen molar-refractivity contribution in [2.24, 2.45) is 5.73 Å². The smallest absolute Gasteiger partial charge is 0.331 e. The number of urea groups is 1. The van der Waals surface area contributed by atoms with Crippen molar-refractivity contribution in [1.82, 2.24) is 14.3 Å². The first-order chi connectivity index (χ1) is 15.1. The van der Waals surface area contributed by atoms with Crippen LogP contribution < -0.4 is 10.6 Å². The molecule has 0 atom stereocenters. The summed E-state index contributed by atoms with van der Waals surface area (Å²) in [5.41, 5.74) is 10.0. The molecule has 0 spiro atoms. The summed E-state index contributed by atoms with van der Waals surface area (Å²) in [6.07, 6.45) is 6.23. The van der Waals surface area contributed by atoms with Crippen LogP contribution in [0.2, 0.25) is 0 Å². The summed E-state index contributed by atoms with van der Waals surface area (Å²) < 4.78 is 7.60. The van der Waals surface area contributed by atoms with E-state index in [2.05, 4.69) is 11.2 Å². The third-order valence-electron chi connectivity index (χ3n) is 5.78. The molecule has 1 aromatic carbocycles. The van der Waals surface area contributed by atoms with E-state index in [1.54, 1.807) is 0 Å². The molecule has 2 aromatic heterocycles. The van der Waals surface area contributed by atoms with Gasteiger partial charge in [-0.3, -0.25) is 14.6 Å². The SMILES string of the molecule is NCc1cn2cc(C3CC3)cc(N3CC(=O)N(CCOCc4ccccc4)C3=O)c2n1. The average Bonchev–Trinajstić information content (AvgIpc) is 3.49. The number of ether oxygens (including phenoxy) is 1. The highest BCUT2D eigenvalue weighted by atomic mass is 16.5. The van der Waals surface area contributed by atoms with Gasteiger partial charge in [-0.1, -0.05) is 30.3 Å². The van der Waals surface area contributed by atoms with Crippen molar-refractivity contribution in [3.8, 4) is 0 Å². The second kappa shape index (κ2) is 8.13. The van der Waals surface area contributed by atoms with Gasteiger partial charge in [-0.25, -0.2) is 9.78 Å². The topological polar surface area (TPSA) is 93.2 Å². The van der Waals surface area contributed by atoms with Crippen molar-refractivity contribution in [2.75, 3.05) is 24.6 Å². The zero-order valence-corrected chi connectivity index (χ0v) is 17.2. The summed E-state index contributed by atoms with van der Waals surface area (Å²) in [7, 11) is 0. The summed E-state index contributed by atoms with van der Waals surface area (Å²) >= 11 is 0. The number of hydrogen-bond acceptors (Lipinski definition) is 5. The fourth-order valence-electron chi connectivity index (χ4n) is 3.96. The number of nitrogens with two attached hydrogens (primary N) is 1. The van der Waals surface area contributed by atoms with E-state index in [0.717, 1.165) is 29.7 Å². The Hall–Kier alpha value is -3.23. The van der Waals surface area contributed by atoms with Crippen molar-refractivity contribution in [3.63, 3.8) is 0 Å². The van der Waals surface area contributed by atoms with Gasteiger partial charge in [-0.05, 0) is 36.0 Å². The predicted octanol–water partition coefficient (Wildman–Crippen LogP) is 2.66. The average molecular weight is 419 g/mol. The summed E-state index contributed by atoms with van der Waals surface area (Å²) in [5, 5.41) is 0. The van der Waals surface area contributed by atoms with E-state index in [1.165, 1.54) is 9.80 Å². The second-order valence-electron chi connectivity index (χ2n) is 8.05. The number of hydrogen-bond donors (Lipinski definition) is 1. The molecule has 2 N–H and O–H groups in total. The Morgan fingerprint density at radius 1 is 1.13 bits per heavy atom. The van der Waals surface area contributed by atoms with E-state index in [1.807, 2.05) is 47.0 Å². The number of imidazole rings is 1. The Kier molecular flexibility index (Phi) is 5.17. The number of fused-ring (bicyclic) bond motifs is 1. The first kappa shape index (κ1) is 19.7. The first-order valence-electron chi connectivity index (χ1n) is 10.6. The van der Waals surface area contributed by atoms with Crippen LogP contribution in [-0.2, 0) is 22.7 Å². The van der Waals surface area contributed by atoms with Gasteiger partial charge in [0.25, 0.3) is 5.91 Å². The van der Waals surface area contributed by atoms with Crippen LogP contribution in [0.4, 0.5) is 10.5 Å². The summed E-state index contributed by atoms with van der Waals surface area (Å²) in [6, 6.07) is 11.5. The molecule has 0 radical (unpaired) electrons. The van der Waals surface area contributed by atoms with E-state index in [-0.39, 0.29) is 25.0 Å². The number of carbonyl (C=O) groups is 2. The van der Waals surface area contributed by atoms with E-state index in [4.69, 9.17) is 10.5 Å². The number of carbonyl (C=O) groups excluding carboxylic acids is 2. The van der Waals surface area contributed by atoms with Crippen molar-refractivity contribution in [2.45, 2.75) is 31.9 Å². The number of pyridine rings is 1. The van der Waals surface area contributed by atoms with Crippen molar-refractivity contribution >= 4 is 23.3 Å². The zero-order valence-electron chi connectivity index (χ0n) is 17.2. The Morgan fingerprint density at radius 3 is 2.68 bits per heavy atom. The molecule has 1 saturated carbocycles. The van der Waals surface area contributed by atoms with Crippen LogP contribution in [0.5, 0.6) is 0 Å². The molecule has 3 amide bonds. The van der Waals surface area contributed by atoms with Gasteiger partial charge in [0, 0.05) is 18.9 Å². The maximum Gasteiger partial charge on any atom is 0.331 e. The van der Waals surface area contributed by atoms with Crippen LogP contribution >= 0.6 is 0 Å². The van der Waals surface area contributed by atoms with Gasteiger partial charge in [0.1, 0.15) is 6.54 Å². The molecule has 2 aliphatic rings. The fourth-order valence-corrected chi connectivity index (χ4v) is 3.96. The van der Waals surface area contributed by atoms with Crippen LogP contribution in [-0.4, -0.2) is 45.9 Å². The van der Waals surface area contributed by atoms with Gasteiger partial charge in [0.15, 0.2) is 5.65 Å². The summed E-state index contributed by atoms with van der Waals surface area (Å²) in [6.45, 7) is 1.28. The van der Waals surface area contributed by atoms with Gasteiger partial charge in [0.2, 0.25) is 0 Å². The van der Waals surface area contributed by atoms with E-state index >= 15 is 0 Å². The highest BCUT2D eigenvalue weighted by molar-refractivity contribution is 6.13. The van der Waals surface area contributed by atoms with Crippen LogP contribution in [0.1, 0.15) is 35.6 Å². The molecule has 5 rings (SSSR count). The third-order valence-corrected chi connectivity index (χ3v) is 5.78. The lowest BCUT2D eigenvalue weighted by atomic mass is 10.1. The van der Waals surface area contributed by atoms with Crippen molar-refractivity contribution in [3.05, 3.63) is 65.6 Å². The van der Waals surface area contributed by atoms with Crippen LogP contribution in [0.25, 0.3) is 5.65 Å². The number of amides is 3. The maximum atomic E-state index is 13.1. The number of rotatable bonds is 8. The van der Waals surface area contributed by atoms with Gasteiger partial charge in [-0.2, -0.15) is 0 Å². The Balaban J connectivity index is 1.33. The molecule has 3 heterocycles. The highest BCUT2D eigenvalue weighted by Gasteiger charge is 2.38. The third kappa shape index (κ3) is 3.92. The quantitative estimate of drug-likeness (QED) is 0.448. The minimum Gasteiger partial charge on any atom is -0.375 e. The molecule has 31 heavy (non-hydrogen) atoms. The standard InChI is InChI=1S/C23H25N5O3/c24-11-19-13-26-12-18(17-6-7-17)10-20(22(26)25-19)28-14-21(29)27(23(28)30)8-9-31-15-16-4-2-1-3-5-16/h1-5,10,12-13,17H,6-9,11,14-15,24H2. The lowest BCUT2D eigenvalue weighted by molar-refractivity contribution is -0.125. The number of imide groups is 1. The normalized spacial score (nSPS) is 16.7. The number of anilines is 1. The lowest BCUT2D eigenvalue weighted by Crippen LogP contribution is -2.35. The van der Waals surface area contributed by atoms with E-state index < -0.39 is 0 Å². The van der Waals surface area contributed by atoms with Gasteiger partial charge in [0.05, 0.1) is 31.1 Å². The van der Waals surface area contributed by atoms with E-state index in [0.29, 0.717) is 37.0 Å². The highest BCUT2D eigenvalue weighted by Crippen LogP contribution is 2.42. The predicted molar refractivity (Wildman–Crippen MR) is 116 cm³/mol. The van der Waals surface area contributed by atoms with Gasteiger partial charge in [-0.15, -0.1) is 0 Å². The van der Waals surface area contributed by atoms with Gasteiger partial charge >= 0.3 is 6.03 Å². The van der Waals surface area contributed by atoms with Crippen LogP contribution in [0.3, 0.4) is 0 Å². The zero-order chi connectivity index (χ0) is 21.4. The van der Waals surface area contributed by atoms with Crippen LogP contribution in [0, 0.1) is 0 Å². The van der Waals surface area contributed by atoms with Crippen LogP contribution in [0.15, 0.2) is 48.8 Å². The molecule has 1 aliphatic heterocycles. The molecule has 0 bridgehead atoms. The summed E-state index contributed by atoms with van der Waals surface area (Å²) in [5.74, 6) is 0.275. The minimum atomic E-state index is -0.333. The Morgan fingerprint density at radius 2 is 1.94 bits per heavy atom. The second-order valence-corrected chi connectivity index (χ2v) is 8.05. The molecule has 160 valence electrons. The number of aromatic nitrogens is 2. The maximum absolute atomic E-state index is 13.1. The molecular formula is C23H25N5O3. The molecular weight excluding hydrogens is 394 g/mol. The molecule has 8 heteroatoms. The number of nitrogens with zero attached hydrogens (tertiary/aromatic N) is 4. The van der Waals surface area contributed by atoms with E-state index in [9.17, 15) is 9.59 Å².